The lowest BCUT2D eigenvalue weighted by Gasteiger charge is -2.08. The summed E-state index contributed by atoms with van der Waals surface area (Å²) in [5.41, 5.74) is 0. The Morgan fingerprint density at radius 1 is 1.56 bits per heavy atom. The van der Waals surface area contributed by atoms with Crippen LogP contribution in [-0.4, -0.2) is 20.0 Å². The first-order chi connectivity index (χ1) is 4.35. The molecule has 2 nitrogen and oxygen atoms in total. The van der Waals surface area contributed by atoms with E-state index in [2.05, 4.69) is 13.2 Å². The van der Waals surface area contributed by atoms with Gasteiger partial charge in [0, 0.05) is 7.11 Å². The normalized spacial score (nSPS) is 12.6. The fraction of sp³-hybridized carbons (Fsp3) is 0.429. The van der Waals surface area contributed by atoms with Gasteiger partial charge in [-0.1, -0.05) is 12.7 Å². The van der Waals surface area contributed by atoms with Crippen molar-refractivity contribution < 1.29 is 9.47 Å². The van der Waals surface area contributed by atoms with Crippen LogP contribution in [0.25, 0.3) is 0 Å². The lowest BCUT2D eigenvalue weighted by Crippen LogP contribution is -2.11. The summed E-state index contributed by atoms with van der Waals surface area (Å²) in [7, 11) is 1.56. The molecule has 0 heterocycles. The van der Waals surface area contributed by atoms with Crippen molar-refractivity contribution >= 4 is 0 Å². The van der Waals surface area contributed by atoms with Gasteiger partial charge in [-0.3, -0.25) is 0 Å². The lowest BCUT2D eigenvalue weighted by atomic mass is 10.6. The first-order valence-electron chi connectivity index (χ1n) is 2.73. The van der Waals surface area contributed by atoms with Crippen LogP contribution in [0.3, 0.4) is 0 Å². The third-order valence-corrected chi connectivity index (χ3v) is 0.803. The highest BCUT2D eigenvalue weighted by Gasteiger charge is 1.96. The largest absolute Gasteiger partial charge is 0.352 e. The zero-order valence-corrected chi connectivity index (χ0v) is 5.67. The summed E-state index contributed by atoms with van der Waals surface area (Å²) < 4.78 is 9.84. The average molecular weight is 128 g/mol. The Kier molecular flexibility index (Phi) is 5.17. The number of rotatable bonds is 5. The molecule has 0 spiro atoms. The summed E-state index contributed by atoms with van der Waals surface area (Å²) in [6.07, 6.45) is 2.95. The van der Waals surface area contributed by atoms with Gasteiger partial charge < -0.3 is 9.47 Å². The van der Waals surface area contributed by atoms with Crippen LogP contribution < -0.4 is 0 Å². The van der Waals surface area contributed by atoms with Crippen molar-refractivity contribution in [2.75, 3.05) is 13.7 Å². The minimum atomic E-state index is -0.303. The van der Waals surface area contributed by atoms with Gasteiger partial charge in [0.25, 0.3) is 0 Å². The van der Waals surface area contributed by atoms with E-state index in [-0.39, 0.29) is 6.29 Å². The fourth-order valence-corrected chi connectivity index (χ4v) is 0.395. The number of hydrogen-bond donors (Lipinski definition) is 0. The van der Waals surface area contributed by atoms with Gasteiger partial charge in [-0.05, 0) is 6.08 Å². The molecule has 1 unspecified atom stereocenters. The number of ether oxygens (including phenoxy) is 2. The van der Waals surface area contributed by atoms with Crippen LogP contribution in [0.4, 0.5) is 0 Å². The maximum absolute atomic E-state index is 5.03. The molecule has 0 aromatic heterocycles. The molecule has 0 aromatic rings. The lowest BCUT2D eigenvalue weighted by molar-refractivity contribution is -0.0803. The molecule has 0 N–H and O–H groups in total. The Labute approximate surface area is 55.8 Å². The molecule has 0 saturated carbocycles. The molecule has 1 atom stereocenters. The molecule has 0 fully saturated rings. The van der Waals surface area contributed by atoms with Gasteiger partial charge in [0.1, 0.15) is 0 Å². The zero-order chi connectivity index (χ0) is 7.11. The van der Waals surface area contributed by atoms with Crippen molar-refractivity contribution in [1.29, 1.82) is 0 Å². The zero-order valence-electron chi connectivity index (χ0n) is 5.67. The molecule has 52 valence electrons. The third kappa shape index (κ3) is 3.94. The van der Waals surface area contributed by atoms with Gasteiger partial charge >= 0.3 is 0 Å². The Morgan fingerprint density at radius 2 is 2.22 bits per heavy atom. The van der Waals surface area contributed by atoms with E-state index in [1.807, 2.05) is 0 Å². The topological polar surface area (TPSA) is 18.5 Å². The fourth-order valence-electron chi connectivity index (χ4n) is 0.395. The molecule has 0 aliphatic rings. The van der Waals surface area contributed by atoms with Gasteiger partial charge in [0.2, 0.25) is 0 Å². The van der Waals surface area contributed by atoms with Crippen molar-refractivity contribution in [1.82, 2.24) is 0 Å². The Morgan fingerprint density at radius 3 is 2.56 bits per heavy atom. The van der Waals surface area contributed by atoms with E-state index in [0.29, 0.717) is 6.61 Å². The molecule has 0 rings (SSSR count). The number of hydrogen-bond acceptors (Lipinski definition) is 2. The first kappa shape index (κ1) is 8.40. The molecule has 2 heteroatoms. The van der Waals surface area contributed by atoms with Crippen LogP contribution in [0.15, 0.2) is 25.3 Å². The maximum atomic E-state index is 5.03. The van der Waals surface area contributed by atoms with Crippen molar-refractivity contribution in [2.24, 2.45) is 0 Å². The quantitative estimate of drug-likeness (QED) is 0.411. The van der Waals surface area contributed by atoms with Crippen LogP contribution in [0, 0.1) is 0 Å². The summed E-state index contributed by atoms with van der Waals surface area (Å²) in [6.45, 7) is 7.48. The van der Waals surface area contributed by atoms with Crippen LogP contribution >= 0.6 is 0 Å². The standard InChI is InChI=1S/C7H12O2/c1-4-6-9-7(5-2)8-3/h4-5,7H,1-2,6H2,3H3. The van der Waals surface area contributed by atoms with Gasteiger partial charge in [-0.25, -0.2) is 0 Å². The minimum absolute atomic E-state index is 0.303. The molecule has 0 aromatic carbocycles. The highest BCUT2D eigenvalue weighted by Crippen LogP contribution is 1.92. The van der Waals surface area contributed by atoms with Crippen molar-refractivity contribution in [2.45, 2.75) is 6.29 Å². The second-order valence-electron chi connectivity index (χ2n) is 1.46. The van der Waals surface area contributed by atoms with Gasteiger partial charge in [-0.15, -0.1) is 6.58 Å². The third-order valence-electron chi connectivity index (χ3n) is 0.803. The molecular formula is C7H12O2. The summed E-state index contributed by atoms with van der Waals surface area (Å²) in [5, 5.41) is 0. The van der Waals surface area contributed by atoms with Crippen molar-refractivity contribution in [3.05, 3.63) is 25.3 Å². The van der Waals surface area contributed by atoms with Crippen molar-refractivity contribution in [3.8, 4) is 0 Å². The maximum Gasteiger partial charge on any atom is 0.176 e. The van der Waals surface area contributed by atoms with Gasteiger partial charge in [0.05, 0.1) is 6.61 Å². The Bertz CT molecular complexity index is 88.9. The van der Waals surface area contributed by atoms with Gasteiger partial charge in [0.15, 0.2) is 6.29 Å². The molecule has 0 saturated heterocycles. The number of methoxy groups -OCH3 is 1. The predicted octanol–water partition coefficient (Wildman–Crippen LogP) is 1.35. The summed E-state index contributed by atoms with van der Waals surface area (Å²) in [4.78, 5) is 0. The summed E-state index contributed by atoms with van der Waals surface area (Å²) in [5.74, 6) is 0. The monoisotopic (exact) mass is 128 g/mol. The highest BCUT2D eigenvalue weighted by molar-refractivity contribution is 4.73. The highest BCUT2D eigenvalue weighted by atomic mass is 16.7. The second kappa shape index (κ2) is 5.54. The first-order valence-corrected chi connectivity index (χ1v) is 2.73. The van der Waals surface area contributed by atoms with Crippen LogP contribution in [0.5, 0.6) is 0 Å². The molecule has 0 aliphatic heterocycles. The van der Waals surface area contributed by atoms with E-state index in [0.717, 1.165) is 0 Å². The molecular weight excluding hydrogens is 116 g/mol. The summed E-state index contributed by atoms with van der Waals surface area (Å²) >= 11 is 0. The van der Waals surface area contributed by atoms with E-state index < -0.39 is 0 Å². The molecule has 0 amide bonds. The van der Waals surface area contributed by atoms with E-state index in [9.17, 15) is 0 Å². The molecule has 9 heavy (non-hydrogen) atoms. The van der Waals surface area contributed by atoms with E-state index >= 15 is 0 Å². The van der Waals surface area contributed by atoms with Gasteiger partial charge in [-0.2, -0.15) is 0 Å². The molecule has 0 radical (unpaired) electrons. The minimum Gasteiger partial charge on any atom is -0.352 e. The smallest absolute Gasteiger partial charge is 0.176 e. The van der Waals surface area contributed by atoms with Crippen LogP contribution in [0.2, 0.25) is 0 Å². The van der Waals surface area contributed by atoms with Crippen LogP contribution in [-0.2, 0) is 9.47 Å². The van der Waals surface area contributed by atoms with E-state index in [1.165, 1.54) is 0 Å². The average Bonchev–Trinajstić information content (AvgIpc) is 1.91. The Balaban J connectivity index is 3.30. The van der Waals surface area contributed by atoms with Crippen LogP contribution in [0.1, 0.15) is 0 Å². The van der Waals surface area contributed by atoms with E-state index in [1.54, 1.807) is 19.3 Å². The second-order valence-corrected chi connectivity index (χ2v) is 1.46. The molecule has 0 aliphatic carbocycles. The Hall–Kier alpha value is -0.600. The van der Waals surface area contributed by atoms with Crippen molar-refractivity contribution in [3.63, 3.8) is 0 Å². The van der Waals surface area contributed by atoms with E-state index in [4.69, 9.17) is 9.47 Å². The predicted molar refractivity (Wildman–Crippen MR) is 37.1 cm³/mol. The molecule has 0 bridgehead atoms. The summed E-state index contributed by atoms with van der Waals surface area (Å²) in [6, 6.07) is 0. The SMILES string of the molecule is C=CCOC(C=C)OC.